The Kier molecular flexibility index (Phi) is 3.57. The zero-order valence-corrected chi connectivity index (χ0v) is 8.01. The molecular formula is C10H18O2. The van der Waals surface area contributed by atoms with Crippen LogP contribution < -0.4 is 0 Å². The molecule has 12 heavy (non-hydrogen) atoms. The summed E-state index contributed by atoms with van der Waals surface area (Å²) in [4.78, 5) is 10.9. The van der Waals surface area contributed by atoms with Crippen molar-refractivity contribution in [2.24, 2.45) is 11.8 Å². The summed E-state index contributed by atoms with van der Waals surface area (Å²) in [6.45, 7) is 5.00. The van der Waals surface area contributed by atoms with Gasteiger partial charge in [-0.15, -0.1) is 0 Å². The minimum atomic E-state index is -0.0183. The monoisotopic (exact) mass is 170 g/mol. The molecule has 1 fully saturated rings. The molecule has 2 heteroatoms. The van der Waals surface area contributed by atoms with Crippen LogP contribution >= 0.6 is 0 Å². The van der Waals surface area contributed by atoms with E-state index in [1.165, 1.54) is 19.3 Å². The van der Waals surface area contributed by atoms with Crippen LogP contribution in [0.15, 0.2) is 0 Å². The quantitative estimate of drug-likeness (QED) is 0.608. The lowest BCUT2D eigenvalue weighted by Gasteiger charge is -2.27. The molecule has 0 aliphatic carbocycles. The van der Waals surface area contributed by atoms with E-state index in [1.54, 1.807) is 0 Å². The lowest BCUT2D eigenvalue weighted by Crippen LogP contribution is -2.28. The third-order valence-corrected chi connectivity index (χ3v) is 2.68. The van der Waals surface area contributed by atoms with Gasteiger partial charge < -0.3 is 4.74 Å². The van der Waals surface area contributed by atoms with Gasteiger partial charge in [0.1, 0.15) is 0 Å². The van der Waals surface area contributed by atoms with E-state index < -0.39 is 0 Å². The molecule has 0 aromatic rings. The van der Waals surface area contributed by atoms with Crippen LogP contribution in [-0.2, 0) is 9.53 Å². The Hall–Kier alpha value is -0.530. The molecule has 70 valence electrons. The highest BCUT2D eigenvalue weighted by Crippen LogP contribution is 2.26. The fraction of sp³-hybridized carbons (Fsp3) is 0.900. The number of cyclic esters (lactones) is 1. The molecule has 0 saturated carbocycles. The zero-order valence-electron chi connectivity index (χ0n) is 8.01. The van der Waals surface area contributed by atoms with Crippen molar-refractivity contribution < 1.29 is 9.53 Å². The van der Waals surface area contributed by atoms with Gasteiger partial charge in [0, 0.05) is 6.42 Å². The van der Waals surface area contributed by atoms with Crippen molar-refractivity contribution >= 4 is 5.97 Å². The van der Waals surface area contributed by atoms with E-state index in [0.29, 0.717) is 24.9 Å². The smallest absolute Gasteiger partial charge is 0.306 e. The molecule has 0 N–H and O–H groups in total. The molecule has 1 saturated heterocycles. The summed E-state index contributed by atoms with van der Waals surface area (Å²) >= 11 is 0. The largest absolute Gasteiger partial charge is 0.465 e. The number of carbonyl (C=O) groups is 1. The van der Waals surface area contributed by atoms with Gasteiger partial charge in [-0.1, -0.05) is 26.7 Å². The molecule has 0 spiro atoms. The van der Waals surface area contributed by atoms with E-state index >= 15 is 0 Å². The first-order valence-corrected chi connectivity index (χ1v) is 4.89. The van der Waals surface area contributed by atoms with Crippen LogP contribution in [0.2, 0.25) is 0 Å². The second kappa shape index (κ2) is 4.48. The average molecular weight is 170 g/mol. The number of unbranched alkanes of at least 4 members (excludes halogenated alkanes) is 1. The fourth-order valence-corrected chi connectivity index (χ4v) is 1.69. The zero-order chi connectivity index (χ0) is 8.97. The average Bonchev–Trinajstić information content (AvgIpc) is 2.03. The Morgan fingerprint density at radius 2 is 2.33 bits per heavy atom. The highest BCUT2D eigenvalue weighted by Gasteiger charge is 2.26. The summed E-state index contributed by atoms with van der Waals surface area (Å²) < 4.78 is 5.02. The Bertz CT molecular complexity index is 154. The maximum Gasteiger partial charge on any atom is 0.306 e. The maximum absolute atomic E-state index is 10.9. The number of hydrogen-bond acceptors (Lipinski definition) is 2. The lowest BCUT2D eigenvalue weighted by atomic mass is 9.86. The fourth-order valence-electron chi connectivity index (χ4n) is 1.69. The first-order valence-electron chi connectivity index (χ1n) is 4.89. The Morgan fingerprint density at radius 1 is 1.58 bits per heavy atom. The van der Waals surface area contributed by atoms with Gasteiger partial charge in [0.15, 0.2) is 0 Å². The van der Waals surface area contributed by atoms with Crippen molar-refractivity contribution in [1.29, 1.82) is 0 Å². The summed E-state index contributed by atoms with van der Waals surface area (Å²) in [7, 11) is 0. The van der Waals surface area contributed by atoms with Crippen LogP contribution in [-0.4, -0.2) is 12.6 Å². The van der Waals surface area contributed by atoms with Crippen molar-refractivity contribution in [3.8, 4) is 0 Å². The van der Waals surface area contributed by atoms with Crippen molar-refractivity contribution in [1.82, 2.24) is 0 Å². The second-order valence-corrected chi connectivity index (χ2v) is 3.77. The molecule has 0 amide bonds. The van der Waals surface area contributed by atoms with Crippen LogP contribution in [0, 0.1) is 11.8 Å². The van der Waals surface area contributed by atoms with Crippen LogP contribution in [0.4, 0.5) is 0 Å². The minimum Gasteiger partial charge on any atom is -0.465 e. The van der Waals surface area contributed by atoms with Crippen LogP contribution in [0.5, 0.6) is 0 Å². The first-order chi connectivity index (χ1) is 5.74. The summed E-state index contributed by atoms with van der Waals surface area (Å²) in [5.74, 6) is 1.12. The third-order valence-electron chi connectivity index (χ3n) is 2.68. The Labute approximate surface area is 74.3 Å². The SMILES string of the molecule is CCCC[C@@H]1COC(=O)C[C@H]1C. The van der Waals surface area contributed by atoms with Crippen molar-refractivity contribution in [2.75, 3.05) is 6.61 Å². The number of carbonyl (C=O) groups excluding carboxylic acids is 1. The van der Waals surface area contributed by atoms with E-state index in [2.05, 4.69) is 13.8 Å². The number of ether oxygens (including phenoxy) is 1. The van der Waals surface area contributed by atoms with Crippen LogP contribution in [0.25, 0.3) is 0 Å². The third kappa shape index (κ3) is 2.50. The molecule has 0 radical (unpaired) electrons. The van der Waals surface area contributed by atoms with Crippen molar-refractivity contribution in [3.05, 3.63) is 0 Å². The van der Waals surface area contributed by atoms with E-state index in [9.17, 15) is 4.79 Å². The first kappa shape index (κ1) is 9.56. The lowest BCUT2D eigenvalue weighted by molar-refractivity contribution is -0.152. The molecule has 1 aliphatic rings. The predicted molar refractivity (Wildman–Crippen MR) is 47.8 cm³/mol. The number of esters is 1. The summed E-state index contributed by atoms with van der Waals surface area (Å²) in [6.07, 6.45) is 4.32. The minimum absolute atomic E-state index is 0.0183. The van der Waals surface area contributed by atoms with Crippen LogP contribution in [0.1, 0.15) is 39.5 Å². The van der Waals surface area contributed by atoms with E-state index in [0.717, 1.165) is 0 Å². The number of rotatable bonds is 3. The van der Waals surface area contributed by atoms with Crippen molar-refractivity contribution in [2.45, 2.75) is 39.5 Å². The molecule has 2 atom stereocenters. The van der Waals surface area contributed by atoms with E-state index in [1.807, 2.05) is 0 Å². The molecule has 2 nitrogen and oxygen atoms in total. The molecule has 1 heterocycles. The van der Waals surface area contributed by atoms with Gasteiger partial charge in [-0.05, 0) is 18.3 Å². The maximum atomic E-state index is 10.9. The number of hydrogen-bond donors (Lipinski definition) is 0. The topological polar surface area (TPSA) is 26.3 Å². The van der Waals surface area contributed by atoms with E-state index in [4.69, 9.17) is 4.74 Å². The molecule has 1 rings (SSSR count). The predicted octanol–water partition coefficient (Wildman–Crippen LogP) is 2.38. The van der Waals surface area contributed by atoms with Gasteiger partial charge in [0.2, 0.25) is 0 Å². The van der Waals surface area contributed by atoms with Gasteiger partial charge in [-0.3, -0.25) is 4.79 Å². The molecular weight excluding hydrogens is 152 g/mol. The van der Waals surface area contributed by atoms with Gasteiger partial charge in [0.05, 0.1) is 6.61 Å². The molecule has 1 aliphatic heterocycles. The van der Waals surface area contributed by atoms with Gasteiger partial charge in [0.25, 0.3) is 0 Å². The highest BCUT2D eigenvalue weighted by molar-refractivity contribution is 5.70. The second-order valence-electron chi connectivity index (χ2n) is 3.77. The molecule has 0 aromatic heterocycles. The highest BCUT2D eigenvalue weighted by atomic mass is 16.5. The van der Waals surface area contributed by atoms with Crippen molar-refractivity contribution in [3.63, 3.8) is 0 Å². The Morgan fingerprint density at radius 3 is 2.92 bits per heavy atom. The van der Waals surface area contributed by atoms with Gasteiger partial charge in [-0.25, -0.2) is 0 Å². The van der Waals surface area contributed by atoms with Crippen LogP contribution in [0.3, 0.4) is 0 Å². The van der Waals surface area contributed by atoms with Gasteiger partial charge in [-0.2, -0.15) is 0 Å². The van der Waals surface area contributed by atoms with E-state index in [-0.39, 0.29) is 5.97 Å². The molecule has 0 bridgehead atoms. The van der Waals surface area contributed by atoms with Gasteiger partial charge >= 0.3 is 5.97 Å². The summed E-state index contributed by atoms with van der Waals surface area (Å²) in [5.41, 5.74) is 0. The summed E-state index contributed by atoms with van der Waals surface area (Å²) in [6, 6.07) is 0. The molecule has 0 aromatic carbocycles. The summed E-state index contributed by atoms with van der Waals surface area (Å²) in [5, 5.41) is 0. The Balaban J connectivity index is 2.29. The molecule has 0 unspecified atom stereocenters. The standard InChI is InChI=1S/C10H18O2/c1-3-4-5-9-7-12-10(11)6-8(9)2/h8-9H,3-7H2,1-2H3/t8-,9-/m1/s1. The normalized spacial score (nSPS) is 30.0.